The lowest BCUT2D eigenvalue weighted by Crippen LogP contribution is -2.25. The number of aryl methyl sites for hydroxylation is 1. The van der Waals surface area contributed by atoms with Crippen LogP contribution in [0.25, 0.3) is 10.9 Å². The van der Waals surface area contributed by atoms with Gasteiger partial charge in [-0.1, -0.05) is 12.1 Å². The number of fused-ring (bicyclic) bond motifs is 1. The van der Waals surface area contributed by atoms with E-state index in [4.69, 9.17) is 0 Å². The number of nitrogens with zero attached hydrogens (tertiary/aromatic N) is 1. The first kappa shape index (κ1) is 11.2. The molecule has 3 nitrogen and oxygen atoms in total. The van der Waals surface area contributed by atoms with Crippen molar-refractivity contribution in [3.8, 4) is 0 Å². The summed E-state index contributed by atoms with van der Waals surface area (Å²) in [4.78, 5) is 16.5. The Morgan fingerprint density at radius 3 is 3.00 bits per heavy atom. The van der Waals surface area contributed by atoms with Gasteiger partial charge in [-0.2, -0.15) is 0 Å². The van der Waals surface area contributed by atoms with Crippen LogP contribution in [-0.4, -0.2) is 17.4 Å². The number of nitrogens with one attached hydrogen (secondary N) is 1. The maximum absolute atomic E-state index is 12.2. The Labute approximate surface area is 106 Å². The summed E-state index contributed by atoms with van der Waals surface area (Å²) in [5.74, 6) is 0.712. The molecule has 1 aromatic heterocycles. The maximum Gasteiger partial charge on any atom is 0.251 e. The van der Waals surface area contributed by atoms with Crippen LogP contribution in [0.15, 0.2) is 30.5 Å². The zero-order valence-corrected chi connectivity index (χ0v) is 10.4. The van der Waals surface area contributed by atoms with Gasteiger partial charge in [0.2, 0.25) is 0 Å². The molecule has 2 aromatic rings. The summed E-state index contributed by atoms with van der Waals surface area (Å²) in [6.07, 6.45) is 4.26. The smallest absolute Gasteiger partial charge is 0.251 e. The van der Waals surface area contributed by atoms with E-state index in [0.717, 1.165) is 28.6 Å². The van der Waals surface area contributed by atoms with Crippen molar-refractivity contribution in [2.45, 2.75) is 19.8 Å². The topological polar surface area (TPSA) is 42.0 Å². The van der Waals surface area contributed by atoms with Gasteiger partial charge in [-0.15, -0.1) is 0 Å². The number of amides is 1. The number of aromatic nitrogens is 1. The third-order valence-electron chi connectivity index (χ3n) is 3.46. The summed E-state index contributed by atoms with van der Waals surface area (Å²) in [5.41, 5.74) is 2.74. The second-order valence-corrected chi connectivity index (χ2v) is 4.98. The highest BCUT2D eigenvalue weighted by Crippen LogP contribution is 2.28. The third kappa shape index (κ3) is 2.08. The number of carbonyl (C=O) groups excluding carboxylic acids is 1. The molecular formula is C15H16N2O. The third-order valence-corrected chi connectivity index (χ3v) is 3.46. The number of benzene rings is 1. The molecule has 92 valence electrons. The standard InChI is InChI=1S/C15H16N2O/c1-10-4-7-13(12-3-2-8-16-14(10)12)15(18)17-9-11-5-6-11/h2-4,7-8,11H,5-6,9H2,1H3,(H,17,18). The molecule has 0 aliphatic heterocycles. The minimum Gasteiger partial charge on any atom is -0.352 e. The maximum atomic E-state index is 12.2. The van der Waals surface area contributed by atoms with Gasteiger partial charge in [0, 0.05) is 23.7 Å². The van der Waals surface area contributed by atoms with Crippen molar-refractivity contribution in [3.63, 3.8) is 0 Å². The van der Waals surface area contributed by atoms with Crippen LogP contribution in [0.3, 0.4) is 0 Å². The monoisotopic (exact) mass is 240 g/mol. The molecule has 1 aromatic carbocycles. The lowest BCUT2D eigenvalue weighted by molar-refractivity contribution is 0.0953. The normalized spacial score (nSPS) is 14.7. The predicted molar refractivity (Wildman–Crippen MR) is 71.5 cm³/mol. The van der Waals surface area contributed by atoms with Gasteiger partial charge in [-0.3, -0.25) is 9.78 Å². The van der Waals surface area contributed by atoms with E-state index in [2.05, 4.69) is 10.3 Å². The van der Waals surface area contributed by atoms with Crippen molar-refractivity contribution in [2.24, 2.45) is 5.92 Å². The highest BCUT2D eigenvalue weighted by molar-refractivity contribution is 6.06. The Morgan fingerprint density at radius 2 is 2.22 bits per heavy atom. The Kier molecular flexibility index (Phi) is 2.74. The molecule has 0 radical (unpaired) electrons. The molecule has 0 atom stereocenters. The molecule has 1 aliphatic carbocycles. The molecule has 1 N–H and O–H groups in total. The molecular weight excluding hydrogens is 224 g/mol. The summed E-state index contributed by atoms with van der Waals surface area (Å²) in [6, 6.07) is 7.68. The molecule has 1 heterocycles. The van der Waals surface area contributed by atoms with Crippen molar-refractivity contribution in [2.75, 3.05) is 6.54 Å². The average Bonchev–Trinajstić information content (AvgIpc) is 3.21. The van der Waals surface area contributed by atoms with Crippen molar-refractivity contribution < 1.29 is 4.79 Å². The summed E-state index contributed by atoms with van der Waals surface area (Å²) >= 11 is 0. The van der Waals surface area contributed by atoms with Gasteiger partial charge in [0.15, 0.2) is 0 Å². The van der Waals surface area contributed by atoms with Crippen LogP contribution in [0, 0.1) is 12.8 Å². The molecule has 3 rings (SSSR count). The van der Waals surface area contributed by atoms with Crippen LogP contribution < -0.4 is 5.32 Å². The Balaban J connectivity index is 1.95. The van der Waals surface area contributed by atoms with E-state index in [9.17, 15) is 4.79 Å². The Bertz CT molecular complexity index is 602. The van der Waals surface area contributed by atoms with Crippen LogP contribution in [0.2, 0.25) is 0 Å². The lowest BCUT2D eigenvalue weighted by atomic mass is 10.0. The van der Waals surface area contributed by atoms with Crippen molar-refractivity contribution >= 4 is 16.8 Å². The number of pyridine rings is 1. The molecule has 1 aliphatic rings. The van der Waals surface area contributed by atoms with Crippen LogP contribution >= 0.6 is 0 Å². The number of carbonyl (C=O) groups is 1. The predicted octanol–water partition coefficient (Wildman–Crippen LogP) is 2.68. The zero-order chi connectivity index (χ0) is 12.5. The molecule has 1 saturated carbocycles. The van der Waals surface area contributed by atoms with Gasteiger partial charge in [0.05, 0.1) is 5.52 Å². The van der Waals surface area contributed by atoms with Crippen molar-refractivity contribution in [3.05, 3.63) is 41.6 Å². The minimum absolute atomic E-state index is 0.0138. The van der Waals surface area contributed by atoms with E-state index >= 15 is 0 Å². The van der Waals surface area contributed by atoms with Crippen LogP contribution in [0.4, 0.5) is 0 Å². The first-order valence-corrected chi connectivity index (χ1v) is 6.38. The fraction of sp³-hybridized carbons (Fsp3) is 0.333. The largest absolute Gasteiger partial charge is 0.352 e. The van der Waals surface area contributed by atoms with Gasteiger partial charge >= 0.3 is 0 Å². The molecule has 0 spiro atoms. The number of hydrogen-bond acceptors (Lipinski definition) is 2. The van der Waals surface area contributed by atoms with Gasteiger partial charge in [-0.25, -0.2) is 0 Å². The van der Waals surface area contributed by atoms with Gasteiger partial charge in [0.25, 0.3) is 5.91 Å². The summed E-state index contributed by atoms with van der Waals surface area (Å²) < 4.78 is 0. The molecule has 0 saturated heterocycles. The van der Waals surface area contributed by atoms with Gasteiger partial charge in [0.1, 0.15) is 0 Å². The van der Waals surface area contributed by atoms with E-state index < -0.39 is 0 Å². The van der Waals surface area contributed by atoms with E-state index in [1.807, 2.05) is 31.2 Å². The van der Waals surface area contributed by atoms with E-state index in [1.165, 1.54) is 12.8 Å². The number of rotatable bonds is 3. The molecule has 1 fully saturated rings. The summed E-state index contributed by atoms with van der Waals surface area (Å²) in [5, 5.41) is 3.94. The van der Waals surface area contributed by atoms with Gasteiger partial charge in [-0.05, 0) is 43.4 Å². The lowest BCUT2D eigenvalue weighted by Gasteiger charge is -2.08. The fourth-order valence-electron chi connectivity index (χ4n) is 2.17. The second-order valence-electron chi connectivity index (χ2n) is 4.98. The van der Waals surface area contributed by atoms with Crippen molar-refractivity contribution in [1.29, 1.82) is 0 Å². The second kappa shape index (κ2) is 4.41. The van der Waals surface area contributed by atoms with Gasteiger partial charge < -0.3 is 5.32 Å². The first-order valence-electron chi connectivity index (χ1n) is 6.38. The molecule has 0 unspecified atom stereocenters. The SMILES string of the molecule is Cc1ccc(C(=O)NCC2CC2)c2cccnc12. The zero-order valence-electron chi connectivity index (χ0n) is 10.4. The van der Waals surface area contributed by atoms with Crippen molar-refractivity contribution in [1.82, 2.24) is 10.3 Å². The fourth-order valence-corrected chi connectivity index (χ4v) is 2.17. The molecule has 1 amide bonds. The molecule has 18 heavy (non-hydrogen) atoms. The highest BCUT2D eigenvalue weighted by Gasteiger charge is 2.22. The first-order chi connectivity index (χ1) is 8.75. The van der Waals surface area contributed by atoms with E-state index in [-0.39, 0.29) is 5.91 Å². The van der Waals surface area contributed by atoms with Crippen LogP contribution in [0.1, 0.15) is 28.8 Å². The van der Waals surface area contributed by atoms with E-state index in [1.54, 1.807) is 6.20 Å². The van der Waals surface area contributed by atoms with E-state index in [0.29, 0.717) is 5.92 Å². The Hall–Kier alpha value is -1.90. The highest BCUT2D eigenvalue weighted by atomic mass is 16.1. The quantitative estimate of drug-likeness (QED) is 0.896. The summed E-state index contributed by atoms with van der Waals surface area (Å²) in [6.45, 7) is 2.82. The van der Waals surface area contributed by atoms with Crippen LogP contribution in [-0.2, 0) is 0 Å². The van der Waals surface area contributed by atoms with Crippen LogP contribution in [0.5, 0.6) is 0 Å². The Morgan fingerprint density at radius 1 is 1.39 bits per heavy atom. The summed E-state index contributed by atoms with van der Waals surface area (Å²) in [7, 11) is 0. The molecule has 3 heteroatoms. The minimum atomic E-state index is 0.0138. The average molecular weight is 240 g/mol. The number of hydrogen-bond donors (Lipinski definition) is 1. The molecule has 0 bridgehead atoms.